The summed E-state index contributed by atoms with van der Waals surface area (Å²) in [6, 6.07) is 12.0. The third kappa shape index (κ3) is 5.59. The summed E-state index contributed by atoms with van der Waals surface area (Å²) in [7, 11) is 2.79. The predicted octanol–water partition coefficient (Wildman–Crippen LogP) is 3.34. The molecule has 8 nitrogen and oxygen atoms in total. The van der Waals surface area contributed by atoms with Crippen LogP contribution in [0.25, 0.3) is 0 Å². The maximum Gasteiger partial charge on any atom is 0.343 e. The first-order chi connectivity index (χ1) is 12.7. The van der Waals surface area contributed by atoms with Gasteiger partial charge in [0.05, 0.1) is 19.9 Å². The number of azo groups is 1. The van der Waals surface area contributed by atoms with Gasteiger partial charge in [-0.2, -0.15) is 5.11 Å². The van der Waals surface area contributed by atoms with Crippen molar-refractivity contribution in [2.45, 2.75) is 6.61 Å². The van der Waals surface area contributed by atoms with Gasteiger partial charge in [-0.15, -0.1) is 5.11 Å². The summed E-state index contributed by atoms with van der Waals surface area (Å²) in [6.07, 6.45) is 0. The van der Waals surface area contributed by atoms with Crippen molar-refractivity contribution in [3.63, 3.8) is 0 Å². The molecule has 0 aliphatic rings. The van der Waals surface area contributed by atoms with E-state index >= 15 is 0 Å². The molecule has 8 heteroatoms. The smallest absolute Gasteiger partial charge is 0.343 e. The molecule has 26 heavy (non-hydrogen) atoms. The van der Waals surface area contributed by atoms with E-state index in [1.54, 1.807) is 42.5 Å². The van der Waals surface area contributed by atoms with Crippen LogP contribution in [-0.2, 0) is 25.7 Å². The molecule has 2 rings (SSSR count). The number of rotatable bonds is 9. The van der Waals surface area contributed by atoms with Crippen LogP contribution in [0.1, 0.15) is 5.56 Å². The Labute approximate surface area is 150 Å². The molecular weight excluding hydrogens is 340 g/mol. The van der Waals surface area contributed by atoms with Crippen LogP contribution in [0, 0.1) is 0 Å². The van der Waals surface area contributed by atoms with Gasteiger partial charge in [-0.3, -0.25) is 4.79 Å². The van der Waals surface area contributed by atoms with E-state index < -0.39 is 5.97 Å². The second-order valence-corrected chi connectivity index (χ2v) is 4.97. The van der Waals surface area contributed by atoms with Crippen LogP contribution in [0.4, 0.5) is 11.4 Å². The van der Waals surface area contributed by atoms with Crippen molar-refractivity contribution in [2.75, 3.05) is 20.8 Å². The molecule has 0 aromatic heterocycles. The van der Waals surface area contributed by atoms with Crippen molar-refractivity contribution in [3.05, 3.63) is 48.0 Å². The molecule has 0 N–H and O–H groups in total. The minimum absolute atomic E-state index is 0.194. The van der Waals surface area contributed by atoms with Crippen LogP contribution < -0.4 is 9.47 Å². The zero-order valence-electron chi connectivity index (χ0n) is 14.4. The largest absolute Gasteiger partial charge is 0.494 e. The lowest BCUT2D eigenvalue weighted by Crippen LogP contribution is -2.12. The van der Waals surface area contributed by atoms with Gasteiger partial charge in [0, 0.05) is 6.07 Å². The number of carbonyl (C=O) groups excluding carboxylic acids is 2. The molecule has 0 saturated heterocycles. The van der Waals surface area contributed by atoms with Gasteiger partial charge < -0.3 is 18.9 Å². The van der Waals surface area contributed by atoms with E-state index in [2.05, 4.69) is 19.7 Å². The van der Waals surface area contributed by atoms with Crippen molar-refractivity contribution in [1.82, 2.24) is 0 Å². The summed E-state index contributed by atoms with van der Waals surface area (Å²) in [5, 5.41) is 8.30. The molecule has 2 aromatic rings. The normalized spacial score (nSPS) is 10.4. The molecule has 136 valence electrons. The van der Waals surface area contributed by atoms with Crippen LogP contribution >= 0.6 is 0 Å². The van der Waals surface area contributed by atoms with Crippen LogP contribution in [-0.4, -0.2) is 33.3 Å². The summed E-state index contributed by atoms with van der Waals surface area (Å²) in [4.78, 5) is 21.3. The zero-order valence-corrected chi connectivity index (χ0v) is 14.4. The highest BCUT2D eigenvalue weighted by atomic mass is 16.6. The second kappa shape index (κ2) is 9.77. The lowest BCUT2D eigenvalue weighted by molar-refractivity contribution is -0.142. The molecule has 2 aromatic carbocycles. The Balaban J connectivity index is 2.06. The van der Waals surface area contributed by atoms with E-state index in [0.29, 0.717) is 29.3 Å². The number of hydrogen-bond donors (Lipinski definition) is 0. The van der Waals surface area contributed by atoms with Gasteiger partial charge in [0.15, 0.2) is 6.61 Å². The minimum Gasteiger partial charge on any atom is -0.494 e. The second-order valence-electron chi connectivity index (χ2n) is 4.97. The highest BCUT2D eigenvalue weighted by Crippen LogP contribution is 2.32. The van der Waals surface area contributed by atoms with E-state index in [9.17, 15) is 9.59 Å². The molecule has 0 heterocycles. The van der Waals surface area contributed by atoms with Crippen molar-refractivity contribution >= 4 is 23.8 Å². The fourth-order valence-electron chi connectivity index (χ4n) is 1.93. The van der Waals surface area contributed by atoms with E-state index in [1.165, 1.54) is 14.2 Å². The number of esters is 1. The van der Waals surface area contributed by atoms with Crippen molar-refractivity contribution < 1.29 is 28.5 Å². The van der Waals surface area contributed by atoms with Gasteiger partial charge in [0.2, 0.25) is 0 Å². The molecule has 0 atom stereocenters. The monoisotopic (exact) mass is 358 g/mol. The molecule has 0 radical (unpaired) electrons. The predicted molar refractivity (Wildman–Crippen MR) is 92.0 cm³/mol. The number of nitrogens with zero attached hydrogens (tertiary/aromatic N) is 2. The summed E-state index contributed by atoms with van der Waals surface area (Å²) in [5.41, 5.74) is 1.99. The van der Waals surface area contributed by atoms with Gasteiger partial charge in [-0.25, -0.2) is 4.79 Å². The summed E-state index contributed by atoms with van der Waals surface area (Å²) in [6.45, 7) is 0.418. The number of carbonyl (C=O) groups is 2. The first kappa shape index (κ1) is 18.9. The Morgan fingerprint density at radius 2 is 1.85 bits per heavy atom. The third-order valence-electron chi connectivity index (χ3n) is 3.26. The lowest BCUT2D eigenvalue weighted by Gasteiger charge is -2.08. The van der Waals surface area contributed by atoms with Gasteiger partial charge in [0.25, 0.3) is 6.47 Å². The number of methoxy groups -OCH3 is 2. The fraction of sp³-hybridized carbons (Fsp3) is 0.222. The Hall–Kier alpha value is -3.42. The lowest BCUT2D eigenvalue weighted by atomic mass is 10.2. The first-order valence-corrected chi connectivity index (χ1v) is 7.60. The minimum atomic E-state index is -0.477. The van der Waals surface area contributed by atoms with Crippen molar-refractivity contribution in [1.29, 1.82) is 0 Å². The average Bonchev–Trinajstić information content (AvgIpc) is 2.69. The van der Waals surface area contributed by atoms with Crippen molar-refractivity contribution in [2.24, 2.45) is 10.2 Å². The van der Waals surface area contributed by atoms with Gasteiger partial charge in [-0.05, 0) is 29.8 Å². The molecule has 0 aliphatic heterocycles. The van der Waals surface area contributed by atoms with Crippen LogP contribution in [0.15, 0.2) is 52.7 Å². The Kier molecular flexibility index (Phi) is 7.11. The number of benzene rings is 2. The molecule has 0 unspecified atom stereocenters. The van der Waals surface area contributed by atoms with Crippen LogP contribution in [0.3, 0.4) is 0 Å². The molecule has 0 fully saturated rings. The Morgan fingerprint density at radius 1 is 1.08 bits per heavy atom. The fourth-order valence-corrected chi connectivity index (χ4v) is 1.93. The first-order valence-electron chi connectivity index (χ1n) is 7.60. The maximum absolute atomic E-state index is 11.1. The summed E-state index contributed by atoms with van der Waals surface area (Å²) >= 11 is 0. The van der Waals surface area contributed by atoms with E-state index in [4.69, 9.17) is 9.47 Å². The molecular formula is C18H18N2O6. The van der Waals surface area contributed by atoms with E-state index in [0.717, 1.165) is 5.56 Å². The summed E-state index contributed by atoms with van der Waals surface area (Å²) in [5.74, 6) is 0.424. The third-order valence-corrected chi connectivity index (χ3v) is 3.26. The van der Waals surface area contributed by atoms with Gasteiger partial charge in [0.1, 0.15) is 23.8 Å². The maximum atomic E-state index is 11.1. The van der Waals surface area contributed by atoms with Gasteiger partial charge >= 0.3 is 5.97 Å². The van der Waals surface area contributed by atoms with E-state index in [1.807, 2.05) is 0 Å². The SMILES string of the molecule is COC(=O)COc1ccc(N=Nc2ccc(COC=O)cc2)c(OC)c1. The van der Waals surface area contributed by atoms with Crippen LogP contribution in [0.5, 0.6) is 11.5 Å². The molecule has 0 saturated carbocycles. The number of ether oxygens (including phenoxy) is 4. The molecule has 0 bridgehead atoms. The topological polar surface area (TPSA) is 95.8 Å². The van der Waals surface area contributed by atoms with Crippen molar-refractivity contribution in [3.8, 4) is 11.5 Å². The highest BCUT2D eigenvalue weighted by molar-refractivity contribution is 5.71. The standard InChI is InChI=1S/C18H18N2O6/c1-23-17-9-15(26-11-18(22)24-2)7-8-16(17)20-19-14-5-3-13(4-6-14)10-25-12-21/h3-9,12H,10-11H2,1-2H3. The molecule has 0 aliphatic carbocycles. The zero-order chi connectivity index (χ0) is 18.8. The van der Waals surface area contributed by atoms with E-state index in [-0.39, 0.29) is 13.2 Å². The summed E-state index contributed by atoms with van der Waals surface area (Å²) < 4.78 is 19.8. The average molecular weight is 358 g/mol. The van der Waals surface area contributed by atoms with Crippen LogP contribution in [0.2, 0.25) is 0 Å². The Morgan fingerprint density at radius 3 is 2.50 bits per heavy atom. The highest BCUT2D eigenvalue weighted by Gasteiger charge is 2.07. The van der Waals surface area contributed by atoms with Gasteiger partial charge in [-0.1, -0.05) is 12.1 Å². The molecule has 0 amide bonds. The quantitative estimate of drug-likeness (QED) is 0.387. The number of hydrogen-bond acceptors (Lipinski definition) is 8. The Bertz CT molecular complexity index is 774. The molecule has 0 spiro atoms.